The van der Waals surface area contributed by atoms with E-state index in [0.29, 0.717) is 17.1 Å². The molecule has 1 amide bonds. The van der Waals surface area contributed by atoms with Crippen LogP contribution in [0.1, 0.15) is 49.1 Å². The summed E-state index contributed by atoms with van der Waals surface area (Å²) in [6, 6.07) is 8.07. The van der Waals surface area contributed by atoms with Crippen LogP contribution in [0.3, 0.4) is 0 Å². The Kier molecular flexibility index (Phi) is 5.20. The number of aromatic nitrogens is 2. The molecule has 7 heteroatoms. The van der Waals surface area contributed by atoms with Gasteiger partial charge in [0.05, 0.1) is 22.6 Å². The van der Waals surface area contributed by atoms with Crippen molar-refractivity contribution in [2.24, 2.45) is 0 Å². The molecule has 1 atom stereocenters. The lowest BCUT2D eigenvalue weighted by Crippen LogP contribution is -2.19. The molecule has 5 nitrogen and oxygen atoms in total. The Morgan fingerprint density at radius 1 is 1.25 bits per heavy atom. The molecule has 0 saturated heterocycles. The predicted molar refractivity (Wildman–Crippen MR) is 102 cm³/mol. The number of nitrogens with one attached hydrogen (secondary N) is 2. The third-order valence-corrected chi connectivity index (χ3v) is 6.14. The molecule has 1 aromatic carbocycles. The van der Waals surface area contributed by atoms with Crippen LogP contribution in [-0.2, 0) is 4.79 Å². The molecule has 1 aliphatic rings. The van der Waals surface area contributed by atoms with Gasteiger partial charge >= 0.3 is 0 Å². The van der Waals surface area contributed by atoms with Crippen LogP contribution in [0.4, 0.5) is 5.82 Å². The van der Waals surface area contributed by atoms with Gasteiger partial charge in [-0.05, 0) is 30.5 Å². The fourth-order valence-corrected chi connectivity index (χ4v) is 4.46. The molecular weight excluding hydrogens is 390 g/mol. The van der Waals surface area contributed by atoms with Gasteiger partial charge < -0.3 is 5.32 Å². The second-order valence-electron chi connectivity index (χ2n) is 5.83. The van der Waals surface area contributed by atoms with E-state index < -0.39 is 0 Å². The maximum Gasteiger partial charge on any atom is 0.270 e. The number of hydrogen-bond donors (Lipinski definition) is 2. The molecule has 0 unspecified atom stereocenters. The highest BCUT2D eigenvalue weighted by Crippen LogP contribution is 2.40. The molecule has 3 rings (SSSR count). The first-order chi connectivity index (χ1) is 11.5. The number of thioether (sulfide) groups is 1. The lowest BCUT2D eigenvalue weighted by Gasteiger charge is -2.18. The molecular formula is C17H20BrN3O2S. The fourth-order valence-electron chi connectivity index (χ4n) is 3.07. The summed E-state index contributed by atoms with van der Waals surface area (Å²) in [7, 11) is 0. The number of nitrogens with zero attached hydrogens (tertiary/aromatic N) is 1. The molecule has 0 fully saturated rings. The number of rotatable bonds is 4. The van der Waals surface area contributed by atoms with E-state index in [1.807, 2.05) is 28.9 Å². The molecule has 0 bridgehead atoms. The van der Waals surface area contributed by atoms with Gasteiger partial charge in [0.15, 0.2) is 0 Å². The van der Waals surface area contributed by atoms with Crippen LogP contribution in [0.5, 0.6) is 0 Å². The lowest BCUT2D eigenvalue weighted by molar-refractivity contribution is -0.113. The van der Waals surface area contributed by atoms with E-state index in [1.54, 1.807) is 0 Å². The summed E-state index contributed by atoms with van der Waals surface area (Å²) in [5.41, 5.74) is 1.54. The topological polar surface area (TPSA) is 66.9 Å². The molecule has 0 saturated carbocycles. The monoisotopic (exact) mass is 409 g/mol. The highest BCUT2D eigenvalue weighted by molar-refractivity contribution is 9.10. The first-order valence-corrected chi connectivity index (χ1v) is 9.90. The van der Waals surface area contributed by atoms with Crippen molar-refractivity contribution in [3.8, 4) is 0 Å². The highest BCUT2D eigenvalue weighted by Gasteiger charge is 2.31. The number of carbonyl (C=O) groups excluding carboxylic acids is 1. The summed E-state index contributed by atoms with van der Waals surface area (Å²) in [5.74, 6) is 0.883. The van der Waals surface area contributed by atoms with Gasteiger partial charge in [0.1, 0.15) is 5.82 Å². The van der Waals surface area contributed by atoms with E-state index in [0.717, 1.165) is 22.9 Å². The molecule has 1 aromatic heterocycles. The number of aromatic amines is 1. The van der Waals surface area contributed by atoms with E-state index in [9.17, 15) is 9.59 Å². The van der Waals surface area contributed by atoms with Crippen molar-refractivity contribution in [1.29, 1.82) is 0 Å². The van der Waals surface area contributed by atoms with Gasteiger partial charge in [0.25, 0.3) is 5.56 Å². The van der Waals surface area contributed by atoms with Gasteiger partial charge in [-0.2, -0.15) is 0 Å². The predicted octanol–water partition coefficient (Wildman–Crippen LogP) is 4.07. The van der Waals surface area contributed by atoms with Gasteiger partial charge in [-0.1, -0.05) is 41.9 Å². The Hall–Kier alpha value is -1.47. The zero-order valence-corrected chi connectivity index (χ0v) is 16.0. The van der Waals surface area contributed by atoms with Gasteiger partial charge in [-0.3, -0.25) is 19.4 Å². The molecule has 0 radical (unpaired) electrons. The van der Waals surface area contributed by atoms with Crippen molar-refractivity contribution in [2.45, 2.75) is 38.0 Å². The van der Waals surface area contributed by atoms with Gasteiger partial charge in [-0.15, -0.1) is 11.8 Å². The molecule has 128 valence electrons. The average molecular weight is 410 g/mol. The first-order valence-electron chi connectivity index (χ1n) is 8.06. The van der Waals surface area contributed by atoms with Crippen LogP contribution >= 0.6 is 27.7 Å². The van der Waals surface area contributed by atoms with E-state index in [-0.39, 0.29) is 22.8 Å². The summed E-state index contributed by atoms with van der Waals surface area (Å²) >= 11 is 4.92. The van der Waals surface area contributed by atoms with E-state index in [2.05, 4.69) is 40.2 Å². The van der Waals surface area contributed by atoms with Crippen LogP contribution < -0.4 is 10.9 Å². The van der Waals surface area contributed by atoms with Gasteiger partial charge in [0, 0.05) is 4.47 Å². The maximum atomic E-state index is 12.7. The molecule has 0 aliphatic carbocycles. The second-order valence-corrected chi connectivity index (χ2v) is 7.84. The van der Waals surface area contributed by atoms with Crippen LogP contribution in [0.15, 0.2) is 33.5 Å². The third kappa shape index (κ3) is 3.19. The summed E-state index contributed by atoms with van der Waals surface area (Å²) in [6.45, 7) is 4.16. The summed E-state index contributed by atoms with van der Waals surface area (Å²) < 4.78 is 2.83. The zero-order valence-electron chi connectivity index (χ0n) is 13.6. The van der Waals surface area contributed by atoms with Crippen molar-refractivity contribution in [2.75, 3.05) is 11.1 Å². The van der Waals surface area contributed by atoms with Crippen molar-refractivity contribution >= 4 is 39.4 Å². The number of amides is 1. The fraction of sp³-hybridized carbons (Fsp3) is 0.412. The van der Waals surface area contributed by atoms with Gasteiger partial charge in [-0.25, -0.2) is 0 Å². The minimum Gasteiger partial charge on any atom is -0.310 e. The Morgan fingerprint density at radius 3 is 2.54 bits per heavy atom. The van der Waals surface area contributed by atoms with Crippen LogP contribution in [-0.4, -0.2) is 21.4 Å². The van der Waals surface area contributed by atoms with Crippen molar-refractivity contribution < 1.29 is 4.79 Å². The minimum absolute atomic E-state index is 0.0698. The minimum atomic E-state index is -0.161. The van der Waals surface area contributed by atoms with E-state index in [4.69, 9.17) is 0 Å². The summed E-state index contributed by atoms with van der Waals surface area (Å²) in [6.07, 6.45) is 1.78. The van der Waals surface area contributed by atoms with Crippen molar-refractivity contribution in [3.05, 3.63) is 50.2 Å². The number of anilines is 1. The molecule has 2 N–H and O–H groups in total. The molecule has 2 aromatic rings. The van der Waals surface area contributed by atoms with Crippen molar-refractivity contribution in [1.82, 2.24) is 9.78 Å². The van der Waals surface area contributed by atoms with Crippen LogP contribution in [0, 0.1) is 0 Å². The Labute approximate surface area is 153 Å². The summed E-state index contributed by atoms with van der Waals surface area (Å²) in [4.78, 5) is 24.8. The number of H-pyrrole nitrogens is 1. The van der Waals surface area contributed by atoms with E-state index in [1.165, 1.54) is 11.8 Å². The smallest absolute Gasteiger partial charge is 0.270 e. The third-order valence-electron chi connectivity index (χ3n) is 4.34. The number of benzene rings is 1. The number of fused-ring (bicyclic) bond motifs is 1. The zero-order chi connectivity index (χ0) is 17.3. The number of carbonyl (C=O) groups is 1. The molecule has 1 aliphatic heterocycles. The number of hydrogen-bond acceptors (Lipinski definition) is 3. The average Bonchev–Trinajstić information content (AvgIpc) is 2.77. The molecule has 0 spiro atoms. The van der Waals surface area contributed by atoms with Crippen LogP contribution in [0.25, 0.3) is 0 Å². The standard InChI is InChI=1S/C17H20BrN3O2S/c1-3-12(4-2)21-16-14(17(23)20-21)15(24-9-13(22)19-16)10-5-7-11(18)8-6-10/h5-8,12,15H,3-4,9H2,1-2H3,(H,19,22)(H,20,23)/t15-/m0/s1. The quantitative estimate of drug-likeness (QED) is 0.799. The van der Waals surface area contributed by atoms with Gasteiger partial charge in [0.2, 0.25) is 5.91 Å². The Morgan fingerprint density at radius 2 is 1.92 bits per heavy atom. The van der Waals surface area contributed by atoms with E-state index >= 15 is 0 Å². The highest BCUT2D eigenvalue weighted by atomic mass is 79.9. The lowest BCUT2D eigenvalue weighted by atomic mass is 10.1. The maximum absolute atomic E-state index is 12.7. The molecule has 24 heavy (non-hydrogen) atoms. The first kappa shape index (κ1) is 17.4. The molecule has 2 heterocycles. The Bertz CT molecular complexity index is 793. The number of halogens is 1. The second kappa shape index (κ2) is 7.19. The summed E-state index contributed by atoms with van der Waals surface area (Å²) in [5, 5.41) is 5.71. The normalized spacial score (nSPS) is 17.5. The van der Waals surface area contributed by atoms with Crippen LogP contribution in [0.2, 0.25) is 0 Å². The SMILES string of the molecule is CCC(CC)n1[nH]c(=O)c2c1NC(=O)CS[C@H]2c1ccc(Br)cc1. The Balaban J connectivity index is 2.15. The van der Waals surface area contributed by atoms with Crippen molar-refractivity contribution in [3.63, 3.8) is 0 Å². The largest absolute Gasteiger partial charge is 0.310 e.